The Morgan fingerprint density at radius 3 is 1.90 bits per heavy atom. The molecule has 0 aliphatic carbocycles. The summed E-state index contributed by atoms with van der Waals surface area (Å²) in [5.74, 6) is 0.581. The van der Waals surface area contributed by atoms with E-state index >= 15 is 0 Å². The molecule has 2 nitrogen and oxygen atoms in total. The van der Waals surface area contributed by atoms with Crippen LogP contribution in [0.2, 0.25) is 0 Å². The third-order valence-electron chi connectivity index (χ3n) is 4.05. The molecule has 1 atom stereocenters. The zero-order valence-corrected chi connectivity index (χ0v) is 14.6. The molecular weight excluding hydrogens is 256 g/mol. The molecule has 0 aromatic carbocycles. The summed E-state index contributed by atoms with van der Waals surface area (Å²) in [7, 11) is 1.89. The molecule has 0 aromatic rings. The van der Waals surface area contributed by atoms with E-state index in [1.54, 1.807) is 6.20 Å². The van der Waals surface area contributed by atoms with Gasteiger partial charge in [0.2, 0.25) is 0 Å². The normalized spacial score (nSPS) is 13.8. The van der Waals surface area contributed by atoms with E-state index in [9.17, 15) is 0 Å². The molecule has 1 unspecified atom stereocenters. The molecule has 0 heterocycles. The molecule has 122 valence electrons. The lowest BCUT2D eigenvalue weighted by Gasteiger charge is -2.16. The predicted octanol–water partition coefficient (Wildman–Crippen LogP) is 6.22. The van der Waals surface area contributed by atoms with Crippen LogP contribution < -0.4 is 0 Å². The van der Waals surface area contributed by atoms with E-state index in [0.29, 0.717) is 5.92 Å². The van der Waals surface area contributed by atoms with E-state index in [-0.39, 0.29) is 0 Å². The lowest BCUT2D eigenvalue weighted by molar-refractivity contribution is 0.493. The molecule has 0 fully saturated rings. The minimum absolute atomic E-state index is 0.581. The summed E-state index contributed by atoms with van der Waals surface area (Å²) in [6, 6.07) is 0. The van der Waals surface area contributed by atoms with Gasteiger partial charge >= 0.3 is 0 Å². The van der Waals surface area contributed by atoms with Crippen molar-refractivity contribution in [2.45, 2.75) is 84.5 Å². The summed E-state index contributed by atoms with van der Waals surface area (Å²) < 4.78 is 0. The highest BCUT2D eigenvalue weighted by Crippen LogP contribution is 2.20. The van der Waals surface area contributed by atoms with Crippen LogP contribution >= 0.6 is 0 Å². The molecule has 0 aliphatic rings. The van der Waals surface area contributed by atoms with Crippen LogP contribution in [-0.2, 0) is 0 Å². The van der Waals surface area contributed by atoms with E-state index in [4.69, 9.17) is 0 Å². The Labute approximate surface area is 132 Å². The van der Waals surface area contributed by atoms with Crippen molar-refractivity contribution in [3.63, 3.8) is 0 Å². The fourth-order valence-electron chi connectivity index (χ4n) is 2.73. The molecule has 0 aromatic heterocycles. The molecular formula is C19H36N2. The average molecular weight is 293 g/mol. The Morgan fingerprint density at radius 1 is 0.905 bits per heavy atom. The van der Waals surface area contributed by atoms with Crippen LogP contribution in [0.15, 0.2) is 22.8 Å². The van der Waals surface area contributed by atoms with Gasteiger partial charge in [0.1, 0.15) is 0 Å². The van der Waals surface area contributed by atoms with Gasteiger partial charge in [0.05, 0.1) is 5.71 Å². The maximum absolute atomic E-state index is 4.46. The van der Waals surface area contributed by atoms with Crippen molar-refractivity contribution >= 4 is 11.9 Å². The Hall–Kier alpha value is -0.920. The van der Waals surface area contributed by atoms with Crippen molar-refractivity contribution < 1.29 is 0 Å². The first-order valence-electron chi connectivity index (χ1n) is 8.90. The van der Waals surface area contributed by atoms with Gasteiger partial charge in [-0.3, -0.25) is 9.98 Å². The van der Waals surface area contributed by atoms with Crippen LogP contribution in [-0.4, -0.2) is 19.0 Å². The zero-order valence-electron chi connectivity index (χ0n) is 14.6. The van der Waals surface area contributed by atoms with E-state index in [2.05, 4.69) is 30.4 Å². The second-order valence-electron chi connectivity index (χ2n) is 5.86. The van der Waals surface area contributed by atoms with Crippen molar-refractivity contribution in [1.82, 2.24) is 0 Å². The Morgan fingerprint density at radius 2 is 1.43 bits per heavy atom. The average Bonchev–Trinajstić information content (AvgIpc) is 2.51. The van der Waals surface area contributed by atoms with Gasteiger partial charge in [0.15, 0.2) is 0 Å². The number of hydrogen-bond donors (Lipinski definition) is 0. The first-order valence-corrected chi connectivity index (χ1v) is 8.90. The fraction of sp³-hybridized carbons (Fsp3) is 0.789. The molecule has 0 N–H and O–H groups in total. The minimum atomic E-state index is 0.581. The second-order valence-corrected chi connectivity index (χ2v) is 5.86. The van der Waals surface area contributed by atoms with Gasteiger partial charge < -0.3 is 0 Å². The first kappa shape index (κ1) is 20.1. The van der Waals surface area contributed by atoms with Crippen LogP contribution in [0.5, 0.6) is 0 Å². The Balaban J connectivity index is 4.30. The lowest BCUT2D eigenvalue weighted by Crippen LogP contribution is -2.16. The maximum Gasteiger partial charge on any atom is 0.0558 e. The third kappa shape index (κ3) is 11.4. The molecule has 0 amide bonds. The molecule has 0 radical (unpaired) electrons. The number of hydrogen-bond acceptors (Lipinski definition) is 2. The number of rotatable bonds is 14. The molecule has 0 saturated heterocycles. The summed E-state index contributed by atoms with van der Waals surface area (Å²) in [4.78, 5) is 8.63. The summed E-state index contributed by atoms with van der Waals surface area (Å²) in [5.41, 5.74) is 1.15. The molecule has 0 rings (SSSR count). The van der Waals surface area contributed by atoms with Crippen molar-refractivity contribution in [1.29, 1.82) is 0 Å². The molecule has 0 spiro atoms. The van der Waals surface area contributed by atoms with Crippen LogP contribution in [0.25, 0.3) is 0 Å². The zero-order chi connectivity index (χ0) is 15.8. The van der Waals surface area contributed by atoms with E-state index in [1.165, 1.54) is 70.6 Å². The van der Waals surface area contributed by atoms with Gasteiger partial charge in [-0.1, -0.05) is 78.2 Å². The maximum atomic E-state index is 4.46. The highest BCUT2D eigenvalue weighted by molar-refractivity contribution is 6.31. The minimum Gasteiger partial charge on any atom is -0.291 e. The monoisotopic (exact) mass is 292 g/mol. The smallest absolute Gasteiger partial charge is 0.0558 e. The van der Waals surface area contributed by atoms with E-state index in [1.807, 2.05) is 13.3 Å². The van der Waals surface area contributed by atoms with Gasteiger partial charge in [-0.05, 0) is 12.8 Å². The summed E-state index contributed by atoms with van der Waals surface area (Å²) in [6.07, 6.45) is 18.1. The van der Waals surface area contributed by atoms with Gasteiger partial charge in [0, 0.05) is 25.4 Å². The van der Waals surface area contributed by atoms with Gasteiger partial charge in [-0.15, -0.1) is 0 Å². The fourth-order valence-corrected chi connectivity index (χ4v) is 2.73. The molecule has 2 heteroatoms. The summed E-state index contributed by atoms with van der Waals surface area (Å²) in [6.45, 7) is 8.19. The van der Waals surface area contributed by atoms with Crippen molar-refractivity contribution in [2.24, 2.45) is 15.9 Å². The standard InChI is InChI=1S/C19H36N2/c1-5-8-10-12-14-16-18(15-13-11-9-6-2)19(20-4)17-21-7-3/h7,17-18H,3,5-6,8-16H2,1-2,4H3/b20-19+,21-17-. The van der Waals surface area contributed by atoms with Crippen LogP contribution in [0.1, 0.15) is 84.5 Å². The van der Waals surface area contributed by atoms with Crippen LogP contribution in [0.4, 0.5) is 0 Å². The predicted molar refractivity (Wildman–Crippen MR) is 97.7 cm³/mol. The van der Waals surface area contributed by atoms with Gasteiger partial charge in [0.25, 0.3) is 0 Å². The third-order valence-corrected chi connectivity index (χ3v) is 4.05. The SMILES string of the molecule is C=C/N=C\C(=N/C)C(CCCCCC)CCCCCCC. The van der Waals surface area contributed by atoms with Gasteiger partial charge in [-0.2, -0.15) is 0 Å². The van der Waals surface area contributed by atoms with Crippen molar-refractivity contribution in [3.05, 3.63) is 12.8 Å². The molecule has 0 aliphatic heterocycles. The van der Waals surface area contributed by atoms with Crippen LogP contribution in [0, 0.1) is 5.92 Å². The molecule has 0 saturated carbocycles. The Bertz CT molecular complexity index is 292. The van der Waals surface area contributed by atoms with Gasteiger partial charge in [-0.25, -0.2) is 0 Å². The summed E-state index contributed by atoms with van der Waals surface area (Å²) in [5, 5.41) is 0. The van der Waals surface area contributed by atoms with E-state index < -0.39 is 0 Å². The van der Waals surface area contributed by atoms with Crippen molar-refractivity contribution in [2.75, 3.05) is 7.05 Å². The number of nitrogens with zero attached hydrogens (tertiary/aromatic N) is 2. The largest absolute Gasteiger partial charge is 0.291 e. The quantitative estimate of drug-likeness (QED) is 0.268. The van der Waals surface area contributed by atoms with Crippen molar-refractivity contribution in [3.8, 4) is 0 Å². The summed E-state index contributed by atoms with van der Waals surface area (Å²) >= 11 is 0. The molecule has 21 heavy (non-hydrogen) atoms. The second kappa shape index (κ2) is 15.5. The number of aliphatic imine (C=N–C) groups is 2. The first-order chi connectivity index (χ1) is 10.3. The molecule has 0 bridgehead atoms. The number of unbranched alkanes of at least 4 members (excludes halogenated alkanes) is 7. The highest BCUT2D eigenvalue weighted by Gasteiger charge is 2.13. The topological polar surface area (TPSA) is 24.7 Å². The van der Waals surface area contributed by atoms with Crippen LogP contribution in [0.3, 0.4) is 0 Å². The highest BCUT2D eigenvalue weighted by atomic mass is 14.7. The Kier molecular flexibility index (Phi) is 14.8. The van der Waals surface area contributed by atoms with E-state index in [0.717, 1.165) is 5.71 Å². The lowest BCUT2D eigenvalue weighted by atomic mass is 9.90.